The first-order valence-corrected chi connectivity index (χ1v) is 5.95. The van der Waals surface area contributed by atoms with Gasteiger partial charge in [0, 0.05) is 45.7 Å². The van der Waals surface area contributed by atoms with Gasteiger partial charge in [-0.2, -0.15) is 0 Å². The van der Waals surface area contributed by atoms with Gasteiger partial charge >= 0.3 is 0 Å². The number of carbonyl (C=O) groups is 3. The molecule has 0 aromatic rings. The van der Waals surface area contributed by atoms with Crippen molar-refractivity contribution in [1.82, 2.24) is 16.0 Å². The maximum atomic E-state index is 11.6. The maximum Gasteiger partial charge on any atom is 0.239 e. The van der Waals surface area contributed by atoms with Crippen LogP contribution in [0.2, 0.25) is 0 Å². The van der Waals surface area contributed by atoms with Crippen LogP contribution >= 0.6 is 0 Å². The van der Waals surface area contributed by atoms with Crippen LogP contribution in [0, 0.1) is 0 Å². The Labute approximate surface area is 155 Å². The molecule has 0 bridgehead atoms. The zero-order valence-corrected chi connectivity index (χ0v) is 15.2. The first kappa shape index (κ1) is 22.9. The van der Waals surface area contributed by atoms with Gasteiger partial charge in [-0.1, -0.05) is 6.04 Å². The Morgan fingerprint density at radius 1 is 1.10 bits per heavy atom. The molecule has 1 saturated heterocycles. The van der Waals surface area contributed by atoms with E-state index in [0.29, 0.717) is 6.42 Å². The number of hydrogen-bond acceptors (Lipinski definition) is 7. The third-order valence-corrected chi connectivity index (χ3v) is 2.69. The summed E-state index contributed by atoms with van der Waals surface area (Å²) in [6, 6.07) is -1.61. The van der Waals surface area contributed by atoms with Crippen molar-refractivity contribution < 1.29 is 51.9 Å². The molecule has 2 atom stereocenters. The average molecular weight is 391 g/mol. The van der Waals surface area contributed by atoms with Crippen LogP contribution in [0.1, 0.15) is 12.8 Å². The van der Waals surface area contributed by atoms with Gasteiger partial charge in [0.1, 0.15) is 0 Å². The fourth-order valence-corrected chi connectivity index (χ4v) is 1.54. The Bertz CT molecular complexity index is 383. The van der Waals surface area contributed by atoms with Gasteiger partial charge in [-0.3, -0.25) is 14.4 Å². The third-order valence-electron chi connectivity index (χ3n) is 2.69. The number of hydrogen-bond donors (Lipinski definition) is 4. The summed E-state index contributed by atoms with van der Waals surface area (Å²) in [6.45, 7) is -0.0270. The standard InChI is InChI=1S/C11H17N4O4.H2S.Y/c12-8-1-2-13-11(19)5-15-10(18)3-7(6-16)14-4-9(8)17;;/h7-8,14H,1-5,12H2,(H,13,19)(H,15,18);1H2;/q-1;;/p-1. The van der Waals surface area contributed by atoms with E-state index in [1.54, 1.807) is 6.29 Å². The van der Waals surface area contributed by atoms with Gasteiger partial charge in [-0.25, -0.2) is 6.29 Å². The SMILES string of the molecule is NC1CCNC(=O)CNC(=O)CC([C-]=O)NCC1=O.[SH-].[Y]. The number of ketones is 1. The summed E-state index contributed by atoms with van der Waals surface area (Å²) in [5, 5.41) is 7.52. The molecule has 0 aliphatic carbocycles. The van der Waals surface area contributed by atoms with Crippen molar-refractivity contribution in [2.24, 2.45) is 5.73 Å². The smallest absolute Gasteiger partial charge is 0.239 e. The molecule has 2 unspecified atom stereocenters. The zero-order chi connectivity index (χ0) is 14.3. The number of amides is 2. The van der Waals surface area contributed by atoms with Crippen molar-refractivity contribution in [2.45, 2.75) is 24.9 Å². The van der Waals surface area contributed by atoms with E-state index in [-0.39, 0.29) is 84.0 Å². The van der Waals surface area contributed by atoms with Crippen LogP contribution in [0.15, 0.2) is 0 Å². The number of thiol groups is 1. The molecule has 1 aliphatic rings. The molecule has 1 rings (SSSR count). The van der Waals surface area contributed by atoms with Gasteiger partial charge < -0.3 is 40.0 Å². The topological polar surface area (TPSA) is 130 Å². The molecule has 10 heteroatoms. The van der Waals surface area contributed by atoms with Crippen LogP contribution in [0.25, 0.3) is 0 Å². The van der Waals surface area contributed by atoms with Crippen LogP contribution in [0.3, 0.4) is 0 Å². The van der Waals surface area contributed by atoms with Crippen LogP contribution < -0.4 is 21.7 Å². The second-order valence-corrected chi connectivity index (χ2v) is 4.24. The summed E-state index contributed by atoms with van der Waals surface area (Å²) >= 11 is 0. The number of rotatable bonds is 1. The summed E-state index contributed by atoms with van der Waals surface area (Å²) in [5.74, 6) is -1.12. The van der Waals surface area contributed by atoms with E-state index < -0.39 is 18.0 Å². The Hall–Kier alpha value is -0.346. The minimum absolute atomic E-state index is 0. The predicted molar refractivity (Wildman–Crippen MR) is 74.5 cm³/mol. The summed E-state index contributed by atoms with van der Waals surface area (Å²) in [7, 11) is 0. The van der Waals surface area contributed by atoms with Crippen LogP contribution in [-0.2, 0) is 65.4 Å². The maximum absolute atomic E-state index is 11.6. The molecule has 117 valence electrons. The van der Waals surface area contributed by atoms with Crippen molar-refractivity contribution in [2.75, 3.05) is 19.6 Å². The minimum Gasteiger partial charge on any atom is -0.813 e. The van der Waals surface area contributed by atoms with Crippen molar-refractivity contribution in [3.8, 4) is 0 Å². The first-order valence-electron chi connectivity index (χ1n) is 5.95. The average Bonchev–Trinajstić information content (AvgIpc) is 2.40. The molecule has 0 aromatic heterocycles. The summed E-state index contributed by atoms with van der Waals surface area (Å²) in [6.07, 6.45) is 1.75. The number of nitrogens with two attached hydrogens (primary N) is 1. The Morgan fingerprint density at radius 2 is 1.76 bits per heavy atom. The molecule has 1 heterocycles. The second-order valence-electron chi connectivity index (χ2n) is 4.24. The van der Waals surface area contributed by atoms with E-state index in [0.717, 1.165) is 0 Å². The third kappa shape index (κ3) is 9.31. The predicted octanol–water partition coefficient (Wildman–Crippen LogP) is -3.30. The van der Waals surface area contributed by atoms with Gasteiger partial charge in [-0.05, 0) is 6.42 Å². The van der Waals surface area contributed by atoms with Crippen LogP contribution in [0.5, 0.6) is 0 Å². The van der Waals surface area contributed by atoms with E-state index in [4.69, 9.17) is 5.73 Å². The minimum atomic E-state index is -0.889. The van der Waals surface area contributed by atoms with E-state index in [1.165, 1.54) is 0 Å². The second kappa shape index (κ2) is 12.2. The van der Waals surface area contributed by atoms with E-state index in [9.17, 15) is 19.2 Å². The first-order chi connectivity index (χ1) is 9.02. The molecule has 1 aliphatic heterocycles. The van der Waals surface area contributed by atoms with E-state index in [2.05, 4.69) is 16.0 Å². The summed E-state index contributed by atoms with van der Waals surface area (Å²) in [4.78, 5) is 45.0. The number of carbonyl (C=O) groups excluding carboxylic acids is 4. The molecule has 0 saturated carbocycles. The quantitative estimate of drug-likeness (QED) is 0.209. The molecule has 1 fully saturated rings. The van der Waals surface area contributed by atoms with Crippen molar-refractivity contribution in [1.29, 1.82) is 0 Å². The molecular formula is C11H18N4O4SY-2. The van der Waals surface area contributed by atoms with Gasteiger partial charge in [0.2, 0.25) is 11.8 Å². The fraction of sp³-hybridized carbons (Fsp3) is 0.636. The monoisotopic (exact) mass is 391 g/mol. The molecule has 21 heavy (non-hydrogen) atoms. The van der Waals surface area contributed by atoms with Crippen molar-refractivity contribution in [3.05, 3.63) is 0 Å². The number of nitrogens with one attached hydrogen (secondary N) is 3. The van der Waals surface area contributed by atoms with Crippen LogP contribution in [0.4, 0.5) is 0 Å². The molecular weight excluding hydrogens is 373 g/mol. The summed E-state index contributed by atoms with van der Waals surface area (Å²) in [5.41, 5.74) is 5.64. The van der Waals surface area contributed by atoms with Crippen LogP contribution in [-0.4, -0.2) is 55.6 Å². The van der Waals surface area contributed by atoms with Gasteiger partial charge in [0.05, 0.1) is 19.1 Å². The van der Waals surface area contributed by atoms with Gasteiger partial charge in [0.15, 0.2) is 5.78 Å². The number of Topliss-reactive ketones (excluding diaryl/α,β-unsaturated/α-hetero) is 1. The molecule has 1 radical (unpaired) electrons. The fourth-order valence-electron chi connectivity index (χ4n) is 1.54. The Balaban J connectivity index is 0. The zero-order valence-electron chi connectivity index (χ0n) is 11.4. The largest absolute Gasteiger partial charge is 0.813 e. The molecule has 0 aromatic carbocycles. The van der Waals surface area contributed by atoms with Crippen molar-refractivity contribution >= 4 is 37.4 Å². The Morgan fingerprint density at radius 3 is 2.38 bits per heavy atom. The van der Waals surface area contributed by atoms with Gasteiger partial charge in [0.25, 0.3) is 0 Å². The van der Waals surface area contributed by atoms with Crippen molar-refractivity contribution in [3.63, 3.8) is 0 Å². The Kier molecular flexibility index (Phi) is 13.3. The molecule has 2 amide bonds. The van der Waals surface area contributed by atoms with E-state index >= 15 is 0 Å². The normalized spacial score (nSPS) is 24.7. The van der Waals surface area contributed by atoms with E-state index in [1.807, 2.05) is 0 Å². The van der Waals surface area contributed by atoms with Gasteiger partial charge in [-0.15, -0.1) is 0 Å². The molecule has 5 N–H and O–H groups in total. The molecule has 8 nitrogen and oxygen atoms in total. The summed E-state index contributed by atoms with van der Waals surface area (Å²) < 4.78 is 0. The molecule has 0 spiro atoms.